The summed E-state index contributed by atoms with van der Waals surface area (Å²) in [5.41, 5.74) is 3.94. The molecule has 25 heavy (non-hydrogen) atoms. The van der Waals surface area contributed by atoms with Gasteiger partial charge in [-0.25, -0.2) is 9.78 Å². The Hall–Kier alpha value is -2.34. The molecule has 1 aromatic heterocycles. The Labute approximate surface area is 148 Å². The Morgan fingerprint density at radius 1 is 1.40 bits per heavy atom. The van der Waals surface area contributed by atoms with Crippen LogP contribution in [0.15, 0.2) is 30.7 Å². The van der Waals surface area contributed by atoms with Crippen LogP contribution in [0.4, 0.5) is 10.5 Å². The molecule has 134 valence electrons. The van der Waals surface area contributed by atoms with E-state index in [1.165, 1.54) is 11.1 Å². The summed E-state index contributed by atoms with van der Waals surface area (Å²) in [5.74, 6) is 0. The number of amides is 1. The van der Waals surface area contributed by atoms with Gasteiger partial charge in [0, 0.05) is 30.2 Å². The zero-order valence-corrected chi connectivity index (χ0v) is 15.1. The van der Waals surface area contributed by atoms with Gasteiger partial charge in [-0.05, 0) is 63.3 Å². The lowest BCUT2D eigenvalue weighted by Gasteiger charge is -2.27. The van der Waals surface area contributed by atoms with Gasteiger partial charge in [0.2, 0.25) is 0 Å². The summed E-state index contributed by atoms with van der Waals surface area (Å²) < 4.78 is 5.31. The number of ether oxygens (including phenoxy) is 1. The maximum absolute atomic E-state index is 11.9. The van der Waals surface area contributed by atoms with E-state index in [1.807, 2.05) is 33.0 Å². The summed E-state index contributed by atoms with van der Waals surface area (Å²) in [4.78, 5) is 19.1. The summed E-state index contributed by atoms with van der Waals surface area (Å²) in [6, 6.07) is 6.43. The van der Waals surface area contributed by atoms with Crippen molar-refractivity contribution < 1.29 is 9.53 Å². The van der Waals surface area contributed by atoms with Gasteiger partial charge in [-0.2, -0.15) is 0 Å². The highest BCUT2D eigenvalue weighted by Gasteiger charge is 2.21. The van der Waals surface area contributed by atoms with Crippen LogP contribution in [0.25, 0.3) is 0 Å². The van der Waals surface area contributed by atoms with Crippen molar-refractivity contribution in [1.29, 1.82) is 0 Å². The molecule has 1 aromatic carbocycles. The van der Waals surface area contributed by atoms with Crippen LogP contribution < -0.4 is 10.6 Å². The van der Waals surface area contributed by atoms with E-state index in [0.717, 1.165) is 37.2 Å². The Morgan fingerprint density at radius 2 is 2.24 bits per heavy atom. The minimum Gasteiger partial charge on any atom is -0.444 e. The Morgan fingerprint density at radius 3 is 2.96 bits per heavy atom. The predicted molar refractivity (Wildman–Crippen MR) is 97.4 cm³/mol. The van der Waals surface area contributed by atoms with Gasteiger partial charge in [0.25, 0.3) is 0 Å². The first-order chi connectivity index (χ1) is 11.9. The second-order valence-electron chi connectivity index (χ2n) is 7.44. The molecule has 0 spiro atoms. The van der Waals surface area contributed by atoms with E-state index in [1.54, 1.807) is 6.33 Å². The summed E-state index contributed by atoms with van der Waals surface area (Å²) in [5, 5.41) is 6.41. The molecule has 1 aliphatic rings. The number of nitrogens with one attached hydrogen (secondary N) is 3. The smallest absolute Gasteiger partial charge is 0.412 e. The second kappa shape index (κ2) is 7.27. The van der Waals surface area contributed by atoms with Crippen molar-refractivity contribution in [3.05, 3.63) is 47.5 Å². The van der Waals surface area contributed by atoms with Crippen LogP contribution in [0.5, 0.6) is 0 Å². The van der Waals surface area contributed by atoms with Crippen LogP contribution in [-0.4, -0.2) is 21.7 Å². The molecule has 0 aliphatic heterocycles. The number of rotatable bonds is 4. The molecule has 3 rings (SSSR count). The summed E-state index contributed by atoms with van der Waals surface area (Å²) in [6.45, 7) is 6.34. The number of aromatic amines is 1. The molecule has 6 heteroatoms. The maximum Gasteiger partial charge on any atom is 0.412 e. The fourth-order valence-electron chi connectivity index (χ4n) is 3.14. The number of benzene rings is 1. The van der Waals surface area contributed by atoms with Crippen LogP contribution in [0.2, 0.25) is 0 Å². The van der Waals surface area contributed by atoms with Crippen molar-refractivity contribution in [2.75, 3.05) is 5.32 Å². The fraction of sp³-hybridized carbons (Fsp3) is 0.474. The molecule has 2 aromatic rings. The molecular formula is C19H26N4O2. The molecule has 0 radical (unpaired) electrons. The molecule has 1 unspecified atom stereocenters. The first-order valence-electron chi connectivity index (χ1n) is 8.74. The van der Waals surface area contributed by atoms with E-state index in [2.05, 4.69) is 32.7 Å². The molecular weight excluding hydrogens is 316 g/mol. The van der Waals surface area contributed by atoms with E-state index in [4.69, 9.17) is 4.74 Å². The Bertz CT molecular complexity index is 720. The van der Waals surface area contributed by atoms with Crippen LogP contribution >= 0.6 is 0 Å². The number of aromatic nitrogens is 2. The highest BCUT2D eigenvalue weighted by atomic mass is 16.6. The highest BCUT2D eigenvalue weighted by Crippen LogP contribution is 2.32. The number of anilines is 1. The SMILES string of the molecule is CC(C)(C)OC(=O)Nc1ccc2c(c1)CCCC2NCc1cnc[nH]1. The van der Waals surface area contributed by atoms with Crippen LogP contribution in [0.1, 0.15) is 56.5 Å². The van der Waals surface area contributed by atoms with Crippen LogP contribution in [0.3, 0.4) is 0 Å². The number of aryl methyl sites for hydroxylation is 1. The predicted octanol–water partition coefficient (Wildman–Crippen LogP) is 3.92. The number of imidazole rings is 1. The standard InChI is InChI=1S/C19H26N4O2/c1-19(2,3)25-18(24)23-14-7-8-16-13(9-14)5-4-6-17(16)21-11-15-10-20-12-22-15/h7-10,12,17,21H,4-6,11H2,1-3H3,(H,20,22)(H,23,24). The van der Waals surface area contributed by atoms with Crippen molar-refractivity contribution in [1.82, 2.24) is 15.3 Å². The number of carbonyl (C=O) groups is 1. The Kier molecular flexibility index (Phi) is 5.08. The van der Waals surface area contributed by atoms with E-state index < -0.39 is 11.7 Å². The van der Waals surface area contributed by atoms with E-state index in [0.29, 0.717) is 6.04 Å². The monoisotopic (exact) mass is 342 g/mol. The van der Waals surface area contributed by atoms with Gasteiger partial charge in [-0.1, -0.05) is 6.07 Å². The first kappa shape index (κ1) is 17.5. The number of carbonyl (C=O) groups excluding carboxylic acids is 1. The highest BCUT2D eigenvalue weighted by molar-refractivity contribution is 5.85. The largest absolute Gasteiger partial charge is 0.444 e. The minimum atomic E-state index is -0.500. The maximum atomic E-state index is 11.9. The van der Waals surface area contributed by atoms with Gasteiger partial charge >= 0.3 is 6.09 Å². The summed E-state index contributed by atoms with van der Waals surface area (Å²) in [6.07, 6.45) is 6.38. The van der Waals surface area contributed by atoms with Crippen molar-refractivity contribution in [2.45, 2.75) is 58.2 Å². The molecule has 1 aliphatic carbocycles. The van der Waals surface area contributed by atoms with Crippen LogP contribution in [-0.2, 0) is 17.7 Å². The molecule has 0 saturated heterocycles. The van der Waals surface area contributed by atoms with Gasteiger partial charge in [0.05, 0.1) is 6.33 Å². The summed E-state index contributed by atoms with van der Waals surface area (Å²) >= 11 is 0. The molecule has 1 amide bonds. The van der Waals surface area contributed by atoms with Gasteiger partial charge in [0.1, 0.15) is 5.60 Å². The Balaban J connectivity index is 1.66. The third kappa shape index (κ3) is 4.82. The van der Waals surface area contributed by atoms with E-state index >= 15 is 0 Å². The average molecular weight is 342 g/mol. The number of fused-ring (bicyclic) bond motifs is 1. The number of hydrogen-bond donors (Lipinski definition) is 3. The molecule has 0 bridgehead atoms. The third-order valence-corrected chi connectivity index (χ3v) is 4.20. The number of hydrogen-bond acceptors (Lipinski definition) is 4. The van der Waals surface area contributed by atoms with Crippen molar-refractivity contribution >= 4 is 11.8 Å². The minimum absolute atomic E-state index is 0.322. The fourth-order valence-corrected chi connectivity index (χ4v) is 3.14. The molecule has 3 N–H and O–H groups in total. The van der Waals surface area contributed by atoms with Crippen molar-refractivity contribution in [3.63, 3.8) is 0 Å². The quantitative estimate of drug-likeness (QED) is 0.787. The molecule has 1 heterocycles. The zero-order valence-electron chi connectivity index (χ0n) is 15.1. The molecule has 0 saturated carbocycles. The molecule has 0 fully saturated rings. The third-order valence-electron chi connectivity index (χ3n) is 4.20. The lowest BCUT2D eigenvalue weighted by atomic mass is 9.87. The topological polar surface area (TPSA) is 79.0 Å². The lowest BCUT2D eigenvalue weighted by molar-refractivity contribution is 0.0636. The van der Waals surface area contributed by atoms with Crippen molar-refractivity contribution in [3.8, 4) is 0 Å². The number of nitrogens with zero attached hydrogens (tertiary/aromatic N) is 1. The van der Waals surface area contributed by atoms with Gasteiger partial charge in [0.15, 0.2) is 0 Å². The van der Waals surface area contributed by atoms with Crippen molar-refractivity contribution in [2.24, 2.45) is 0 Å². The van der Waals surface area contributed by atoms with Gasteiger partial charge < -0.3 is 15.0 Å². The van der Waals surface area contributed by atoms with E-state index in [9.17, 15) is 4.79 Å². The number of H-pyrrole nitrogens is 1. The van der Waals surface area contributed by atoms with E-state index in [-0.39, 0.29) is 0 Å². The normalized spacial score (nSPS) is 17.0. The average Bonchev–Trinajstić information content (AvgIpc) is 3.04. The lowest BCUT2D eigenvalue weighted by Crippen LogP contribution is -2.27. The summed E-state index contributed by atoms with van der Waals surface area (Å²) in [7, 11) is 0. The van der Waals surface area contributed by atoms with Gasteiger partial charge in [-0.3, -0.25) is 5.32 Å². The molecule has 6 nitrogen and oxygen atoms in total. The first-order valence-corrected chi connectivity index (χ1v) is 8.74. The molecule has 1 atom stereocenters. The zero-order chi connectivity index (χ0) is 17.9. The second-order valence-corrected chi connectivity index (χ2v) is 7.44. The van der Waals surface area contributed by atoms with Gasteiger partial charge in [-0.15, -0.1) is 0 Å². The van der Waals surface area contributed by atoms with Crippen LogP contribution in [0, 0.1) is 0 Å².